The van der Waals surface area contributed by atoms with E-state index in [-0.39, 0.29) is 0 Å². The first-order valence-corrected chi connectivity index (χ1v) is 3.06. The van der Waals surface area contributed by atoms with Gasteiger partial charge in [-0.05, 0) is 0 Å². The molecule has 0 radical (unpaired) electrons. The number of rotatable bonds is 0. The van der Waals surface area contributed by atoms with E-state index in [2.05, 4.69) is 11.8 Å². The van der Waals surface area contributed by atoms with Crippen LogP contribution in [0, 0.1) is 24.7 Å². The van der Waals surface area contributed by atoms with Crippen LogP contribution in [-0.4, -0.2) is 30.2 Å². The van der Waals surface area contributed by atoms with Crippen molar-refractivity contribution >= 4 is 6.09 Å². The number of hydrogen-bond acceptors (Lipinski definition) is 2. The third-order valence-corrected chi connectivity index (χ3v) is 1.55. The highest BCUT2D eigenvalue weighted by Gasteiger charge is 2.36. The molecule has 0 bridgehead atoms. The van der Waals surface area contributed by atoms with E-state index in [0.29, 0.717) is 0 Å². The second-order valence-electron chi connectivity index (χ2n) is 2.19. The molecule has 2 unspecified atom stereocenters. The molecular formula is C8H7NO2. The van der Waals surface area contributed by atoms with Gasteiger partial charge in [0.2, 0.25) is 0 Å². The fraction of sp³-hybridized carbons (Fsp3) is 0.375. The second-order valence-corrected chi connectivity index (χ2v) is 2.19. The van der Waals surface area contributed by atoms with Crippen molar-refractivity contribution in [2.45, 2.75) is 12.1 Å². The van der Waals surface area contributed by atoms with Crippen molar-refractivity contribution in [1.29, 1.82) is 0 Å². The summed E-state index contributed by atoms with van der Waals surface area (Å²) in [4.78, 5) is 12.1. The lowest BCUT2D eigenvalue weighted by Crippen LogP contribution is -2.31. The Morgan fingerprint density at radius 1 is 1.55 bits per heavy atom. The van der Waals surface area contributed by atoms with Crippen LogP contribution in [0.4, 0.5) is 4.79 Å². The quantitative estimate of drug-likeness (QED) is 0.456. The van der Waals surface area contributed by atoms with Gasteiger partial charge >= 0.3 is 6.09 Å². The molecule has 0 aromatic rings. The van der Waals surface area contributed by atoms with Crippen LogP contribution in [0.1, 0.15) is 0 Å². The monoisotopic (exact) mass is 149 g/mol. The number of nitrogens with zero attached hydrogens (tertiary/aromatic N) is 1. The van der Waals surface area contributed by atoms with Gasteiger partial charge in [0.05, 0.1) is 0 Å². The first-order chi connectivity index (χ1) is 5.20. The molecule has 0 aromatic heterocycles. The summed E-state index contributed by atoms with van der Waals surface area (Å²) in [5.74, 6) is 4.68. The average Bonchev–Trinajstić information content (AvgIpc) is 2.28. The van der Waals surface area contributed by atoms with Crippen molar-refractivity contribution in [1.82, 2.24) is 4.90 Å². The Morgan fingerprint density at radius 2 is 2.18 bits per heavy atom. The van der Waals surface area contributed by atoms with Crippen LogP contribution in [0.15, 0.2) is 0 Å². The molecule has 1 rings (SSSR count). The van der Waals surface area contributed by atoms with Crippen LogP contribution >= 0.6 is 0 Å². The zero-order valence-corrected chi connectivity index (χ0v) is 6.07. The van der Waals surface area contributed by atoms with Gasteiger partial charge in [0.1, 0.15) is 6.04 Å². The largest absolute Gasteiger partial charge is 0.430 e. The lowest BCUT2D eigenvalue weighted by molar-refractivity contribution is 0.150. The van der Waals surface area contributed by atoms with Gasteiger partial charge in [-0.2, -0.15) is 0 Å². The molecule has 1 aliphatic rings. The number of amides is 1. The van der Waals surface area contributed by atoms with Crippen LogP contribution in [-0.2, 0) is 4.74 Å². The minimum absolute atomic E-state index is 0.424. The second kappa shape index (κ2) is 2.56. The summed E-state index contributed by atoms with van der Waals surface area (Å²) in [6.45, 7) is 0. The van der Waals surface area contributed by atoms with Gasteiger partial charge in [-0.1, -0.05) is 11.8 Å². The standard InChI is InChI=1S/C8H7NO2/c1-4-6-7(5-2)11-8(10)9(6)3/h1-2,6-7H,3H3. The Balaban J connectivity index is 2.85. The van der Waals surface area contributed by atoms with Crippen molar-refractivity contribution in [2.24, 2.45) is 0 Å². The van der Waals surface area contributed by atoms with Crippen LogP contribution < -0.4 is 0 Å². The minimum atomic E-state index is -0.600. The number of hydrogen-bond donors (Lipinski definition) is 0. The number of terminal acetylenes is 2. The number of carbonyl (C=O) groups is 1. The van der Waals surface area contributed by atoms with Crippen LogP contribution in [0.3, 0.4) is 0 Å². The molecule has 0 aromatic carbocycles. The number of likely N-dealkylation sites (N-methyl/N-ethyl adjacent to an activating group) is 1. The Labute approximate surface area is 65.3 Å². The third-order valence-electron chi connectivity index (χ3n) is 1.55. The molecule has 0 spiro atoms. The van der Waals surface area contributed by atoms with Crippen molar-refractivity contribution < 1.29 is 9.53 Å². The minimum Gasteiger partial charge on any atom is -0.430 e. The van der Waals surface area contributed by atoms with Crippen molar-refractivity contribution in [3.8, 4) is 24.7 Å². The molecule has 0 aliphatic carbocycles. The summed E-state index contributed by atoms with van der Waals surface area (Å²) in [5, 5.41) is 0. The number of carbonyl (C=O) groups excluding carboxylic acids is 1. The first kappa shape index (κ1) is 7.50. The van der Waals surface area contributed by atoms with Crippen LogP contribution in [0.25, 0.3) is 0 Å². The van der Waals surface area contributed by atoms with Crippen LogP contribution in [0.2, 0.25) is 0 Å². The van der Waals surface area contributed by atoms with Gasteiger partial charge in [-0.25, -0.2) is 4.79 Å². The lowest BCUT2D eigenvalue weighted by Gasteiger charge is -2.10. The predicted molar refractivity (Wildman–Crippen MR) is 39.5 cm³/mol. The van der Waals surface area contributed by atoms with Crippen LogP contribution in [0.5, 0.6) is 0 Å². The number of cyclic esters (lactones) is 1. The van der Waals surface area contributed by atoms with Gasteiger partial charge in [0, 0.05) is 7.05 Å². The van der Waals surface area contributed by atoms with E-state index in [1.54, 1.807) is 7.05 Å². The van der Waals surface area contributed by atoms with E-state index in [0.717, 1.165) is 0 Å². The zero-order valence-electron chi connectivity index (χ0n) is 6.07. The maximum Gasteiger partial charge on any atom is 0.412 e. The van der Waals surface area contributed by atoms with E-state index < -0.39 is 18.2 Å². The highest BCUT2D eigenvalue weighted by atomic mass is 16.6. The summed E-state index contributed by atoms with van der Waals surface area (Å²) >= 11 is 0. The Bertz CT molecular complexity index is 258. The van der Waals surface area contributed by atoms with Gasteiger partial charge in [-0.15, -0.1) is 12.8 Å². The van der Waals surface area contributed by atoms with E-state index in [9.17, 15) is 4.79 Å². The van der Waals surface area contributed by atoms with Gasteiger partial charge < -0.3 is 4.74 Å². The third kappa shape index (κ3) is 1.01. The normalized spacial score (nSPS) is 29.0. The maximum atomic E-state index is 10.8. The highest BCUT2D eigenvalue weighted by molar-refractivity contribution is 5.71. The molecule has 0 saturated carbocycles. The first-order valence-electron chi connectivity index (χ1n) is 3.06. The zero-order chi connectivity index (χ0) is 8.43. The molecule has 1 saturated heterocycles. The summed E-state index contributed by atoms with van der Waals surface area (Å²) in [7, 11) is 1.56. The smallest absolute Gasteiger partial charge is 0.412 e. The molecule has 2 atom stereocenters. The van der Waals surface area contributed by atoms with Gasteiger partial charge in [0.25, 0.3) is 0 Å². The van der Waals surface area contributed by atoms with E-state index >= 15 is 0 Å². The maximum absolute atomic E-state index is 10.8. The summed E-state index contributed by atoms with van der Waals surface area (Å²) in [5.41, 5.74) is 0. The predicted octanol–water partition coefficient (Wildman–Crippen LogP) is 0.0720. The van der Waals surface area contributed by atoms with Gasteiger partial charge in [-0.3, -0.25) is 4.90 Å². The molecule has 1 fully saturated rings. The topological polar surface area (TPSA) is 29.5 Å². The van der Waals surface area contributed by atoms with Crippen molar-refractivity contribution in [2.75, 3.05) is 7.05 Å². The van der Waals surface area contributed by atoms with E-state index in [1.165, 1.54) is 4.90 Å². The summed E-state index contributed by atoms with van der Waals surface area (Å²) in [6, 6.07) is -0.424. The summed E-state index contributed by atoms with van der Waals surface area (Å²) in [6.07, 6.45) is 9.15. The molecule has 1 amide bonds. The fourth-order valence-corrected chi connectivity index (χ4v) is 0.897. The molecule has 1 aliphatic heterocycles. The molecular weight excluding hydrogens is 142 g/mol. The Kier molecular flexibility index (Phi) is 1.74. The molecule has 3 nitrogen and oxygen atoms in total. The average molecular weight is 149 g/mol. The fourth-order valence-electron chi connectivity index (χ4n) is 0.897. The molecule has 3 heteroatoms. The lowest BCUT2D eigenvalue weighted by atomic mass is 10.2. The summed E-state index contributed by atoms with van der Waals surface area (Å²) < 4.78 is 4.73. The number of ether oxygens (including phenoxy) is 1. The Hall–Kier alpha value is -1.61. The van der Waals surface area contributed by atoms with E-state index in [4.69, 9.17) is 17.6 Å². The van der Waals surface area contributed by atoms with Crippen molar-refractivity contribution in [3.63, 3.8) is 0 Å². The van der Waals surface area contributed by atoms with Gasteiger partial charge in [0.15, 0.2) is 6.10 Å². The molecule has 56 valence electrons. The Morgan fingerprint density at radius 3 is 2.55 bits per heavy atom. The SMILES string of the molecule is C#CC1OC(=O)N(C)C1C#C. The van der Waals surface area contributed by atoms with Crippen molar-refractivity contribution in [3.05, 3.63) is 0 Å². The highest BCUT2D eigenvalue weighted by Crippen LogP contribution is 2.15. The van der Waals surface area contributed by atoms with E-state index in [1.807, 2.05) is 0 Å². The molecule has 0 N–H and O–H groups in total. The molecule has 1 heterocycles. The molecule has 11 heavy (non-hydrogen) atoms.